The number of hydrogen-bond donors (Lipinski definition) is 0. The molecule has 0 aromatic heterocycles. The van der Waals surface area contributed by atoms with Gasteiger partial charge in [0.1, 0.15) is 17.2 Å². The number of rotatable bonds is 9. The molecular weight excluding hydrogens is 466 g/mol. The number of nitrogens with zero attached hydrogens (tertiary/aromatic N) is 1. The van der Waals surface area contributed by atoms with E-state index in [1.807, 2.05) is 13.8 Å². The summed E-state index contributed by atoms with van der Waals surface area (Å²) in [4.78, 5) is 13.1. The van der Waals surface area contributed by atoms with E-state index in [0.717, 1.165) is 5.56 Å². The van der Waals surface area contributed by atoms with Gasteiger partial charge in [-0.1, -0.05) is 29.3 Å². The summed E-state index contributed by atoms with van der Waals surface area (Å²) in [6.07, 6.45) is 0. The summed E-state index contributed by atoms with van der Waals surface area (Å²) in [5, 5.41) is 0.166. The minimum atomic E-state index is -4.24. The van der Waals surface area contributed by atoms with E-state index in [1.165, 1.54) is 37.4 Å². The van der Waals surface area contributed by atoms with E-state index in [2.05, 4.69) is 0 Å². The first-order chi connectivity index (χ1) is 15.8. The maximum Gasteiger partial charge on any atom is 0.278 e. The molecule has 0 aliphatic heterocycles. The van der Waals surface area contributed by atoms with Crippen molar-refractivity contribution < 1.29 is 27.4 Å². The van der Waals surface area contributed by atoms with E-state index in [1.54, 1.807) is 36.4 Å². The summed E-state index contributed by atoms with van der Waals surface area (Å²) in [5.74, 6) is 0.622. The molecule has 0 spiro atoms. The van der Waals surface area contributed by atoms with E-state index < -0.39 is 22.5 Å². The molecule has 0 aliphatic rings. The highest BCUT2D eigenvalue weighted by molar-refractivity contribution is 7.93. The largest absolute Gasteiger partial charge is 0.495 e. The van der Waals surface area contributed by atoms with Crippen LogP contribution in [-0.2, 0) is 14.8 Å². The van der Waals surface area contributed by atoms with Gasteiger partial charge < -0.3 is 14.2 Å². The average Bonchev–Trinajstić information content (AvgIpc) is 2.79. The molecule has 0 radical (unpaired) electrons. The Kier molecular flexibility index (Phi) is 7.84. The van der Waals surface area contributed by atoms with Crippen LogP contribution in [0.3, 0.4) is 0 Å². The van der Waals surface area contributed by atoms with Gasteiger partial charge in [-0.05, 0) is 68.4 Å². The molecular formula is C24H24ClNO6S. The van der Waals surface area contributed by atoms with E-state index in [-0.39, 0.29) is 15.6 Å². The van der Waals surface area contributed by atoms with Crippen molar-refractivity contribution in [3.63, 3.8) is 0 Å². The molecule has 1 amide bonds. The standard InChI is InChI=1S/C24H24ClNO6S/c1-4-31-19-8-10-20(11-9-19)32-16-24(27)26(18-7-14-23(30-3)22(25)15-18)33(28,29)21-12-5-17(2)6-13-21/h5-15H,4,16H2,1-3H3. The Hall–Kier alpha value is -3.23. The molecule has 0 N–H and O–H groups in total. The van der Waals surface area contributed by atoms with Crippen molar-refractivity contribution in [3.8, 4) is 17.2 Å². The fraction of sp³-hybridized carbons (Fsp3) is 0.208. The van der Waals surface area contributed by atoms with Crippen LogP contribution in [-0.4, -0.2) is 34.6 Å². The zero-order chi connectivity index (χ0) is 24.0. The number of hydrogen-bond acceptors (Lipinski definition) is 6. The van der Waals surface area contributed by atoms with Crippen molar-refractivity contribution in [1.82, 2.24) is 0 Å². The molecule has 0 saturated heterocycles. The van der Waals surface area contributed by atoms with E-state index in [0.29, 0.717) is 28.2 Å². The van der Waals surface area contributed by atoms with E-state index in [9.17, 15) is 13.2 Å². The lowest BCUT2D eigenvalue weighted by molar-refractivity contribution is -0.119. The first-order valence-electron chi connectivity index (χ1n) is 10.1. The number of ether oxygens (including phenoxy) is 3. The first kappa shape index (κ1) is 24.4. The molecule has 0 saturated carbocycles. The lowest BCUT2D eigenvalue weighted by Crippen LogP contribution is -2.40. The molecule has 174 valence electrons. The molecule has 7 nitrogen and oxygen atoms in total. The van der Waals surface area contributed by atoms with Crippen LogP contribution in [0.15, 0.2) is 71.6 Å². The number of methoxy groups -OCH3 is 1. The molecule has 0 fully saturated rings. The zero-order valence-corrected chi connectivity index (χ0v) is 20.0. The Labute approximate surface area is 198 Å². The number of halogens is 1. The van der Waals surface area contributed by atoms with Crippen LogP contribution in [0.5, 0.6) is 17.2 Å². The number of aryl methyl sites for hydroxylation is 1. The van der Waals surface area contributed by atoms with Crippen molar-refractivity contribution >= 4 is 33.2 Å². The first-order valence-corrected chi connectivity index (χ1v) is 11.9. The zero-order valence-electron chi connectivity index (χ0n) is 18.4. The lowest BCUT2D eigenvalue weighted by Gasteiger charge is -2.23. The maximum atomic E-state index is 13.4. The highest BCUT2D eigenvalue weighted by Gasteiger charge is 2.32. The summed E-state index contributed by atoms with van der Waals surface area (Å²) >= 11 is 6.21. The summed E-state index contributed by atoms with van der Waals surface area (Å²) in [5.41, 5.74) is 0.958. The highest BCUT2D eigenvalue weighted by Crippen LogP contribution is 2.32. The number of carbonyl (C=O) groups excluding carboxylic acids is 1. The topological polar surface area (TPSA) is 82.1 Å². The van der Waals surface area contributed by atoms with Gasteiger partial charge in [-0.15, -0.1) is 0 Å². The van der Waals surface area contributed by atoms with Crippen LogP contribution < -0.4 is 18.5 Å². The van der Waals surface area contributed by atoms with Gasteiger partial charge in [-0.2, -0.15) is 4.31 Å². The third kappa shape index (κ3) is 5.77. The van der Waals surface area contributed by atoms with Gasteiger partial charge in [0.05, 0.1) is 29.3 Å². The van der Waals surface area contributed by atoms with Gasteiger partial charge >= 0.3 is 0 Å². The maximum absolute atomic E-state index is 13.4. The Morgan fingerprint density at radius 3 is 2.09 bits per heavy atom. The minimum absolute atomic E-state index is 0.0329. The molecule has 0 aliphatic carbocycles. The van der Waals surface area contributed by atoms with Crippen LogP contribution in [0.2, 0.25) is 5.02 Å². The predicted octanol–water partition coefficient (Wildman–Crippen LogP) is 4.86. The fourth-order valence-corrected chi connectivity index (χ4v) is 4.67. The van der Waals surface area contributed by atoms with Crippen LogP contribution in [0.25, 0.3) is 0 Å². The van der Waals surface area contributed by atoms with Crippen molar-refractivity contribution in [1.29, 1.82) is 0 Å². The quantitative estimate of drug-likeness (QED) is 0.427. The SMILES string of the molecule is CCOc1ccc(OCC(=O)N(c2ccc(OC)c(Cl)c2)S(=O)(=O)c2ccc(C)cc2)cc1. The van der Waals surface area contributed by atoms with E-state index in [4.69, 9.17) is 25.8 Å². The number of amides is 1. The van der Waals surface area contributed by atoms with Crippen LogP contribution in [0.1, 0.15) is 12.5 Å². The highest BCUT2D eigenvalue weighted by atomic mass is 35.5. The Morgan fingerprint density at radius 2 is 1.55 bits per heavy atom. The van der Waals surface area contributed by atoms with Gasteiger partial charge in [0.2, 0.25) is 0 Å². The second kappa shape index (κ2) is 10.6. The molecule has 0 bridgehead atoms. The smallest absolute Gasteiger partial charge is 0.278 e. The van der Waals surface area contributed by atoms with Crippen molar-refractivity contribution in [2.75, 3.05) is 24.6 Å². The lowest BCUT2D eigenvalue weighted by atomic mass is 10.2. The number of benzene rings is 3. The van der Waals surface area contributed by atoms with Gasteiger partial charge in [0.25, 0.3) is 15.9 Å². The molecule has 0 heterocycles. The Balaban J connectivity index is 1.93. The van der Waals surface area contributed by atoms with Crippen molar-refractivity contribution in [2.24, 2.45) is 0 Å². The van der Waals surface area contributed by atoms with Crippen molar-refractivity contribution in [2.45, 2.75) is 18.7 Å². The monoisotopic (exact) mass is 489 g/mol. The molecule has 3 aromatic rings. The van der Waals surface area contributed by atoms with Gasteiger partial charge in [-0.3, -0.25) is 4.79 Å². The molecule has 3 rings (SSSR count). The second-order valence-electron chi connectivity index (χ2n) is 6.99. The van der Waals surface area contributed by atoms with Crippen LogP contribution in [0.4, 0.5) is 5.69 Å². The summed E-state index contributed by atoms with van der Waals surface area (Å²) in [7, 11) is -2.80. The number of anilines is 1. The molecule has 33 heavy (non-hydrogen) atoms. The predicted molar refractivity (Wildman–Crippen MR) is 127 cm³/mol. The van der Waals surface area contributed by atoms with Gasteiger partial charge in [0.15, 0.2) is 6.61 Å². The average molecular weight is 490 g/mol. The minimum Gasteiger partial charge on any atom is -0.495 e. The van der Waals surface area contributed by atoms with Gasteiger partial charge in [-0.25, -0.2) is 8.42 Å². The Bertz CT molecular complexity index is 1210. The second-order valence-corrected chi connectivity index (χ2v) is 9.18. The third-order valence-electron chi connectivity index (χ3n) is 4.65. The molecule has 0 atom stereocenters. The van der Waals surface area contributed by atoms with Crippen molar-refractivity contribution in [3.05, 3.63) is 77.3 Å². The molecule has 9 heteroatoms. The molecule has 0 unspecified atom stereocenters. The summed E-state index contributed by atoms with van der Waals surface area (Å²) < 4.78 is 43.6. The Morgan fingerprint density at radius 1 is 0.939 bits per heavy atom. The third-order valence-corrected chi connectivity index (χ3v) is 6.71. The molecule has 3 aromatic carbocycles. The fourth-order valence-electron chi connectivity index (χ4n) is 3.02. The van der Waals surface area contributed by atoms with Crippen LogP contribution in [0, 0.1) is 6.92 Å². The van der Waals surface area contributed by atoms with Crippen LogP contribution >= 0.6 is 11.6 Å². The normalized spacial score (nSPS) is 11.0. The summed E-state index contributed by atoms with van der Waals surface area (Å²) in [6, 6.07) is 17.2. The number of carbonyl (C=O) groups is 1. The van der Waals surface area contributed by atoms with E-state index >= 15 is 0 Å². The van der Waals surface area contributed by atoms with Gasteiger partial charge in [0, 0.05) is 0 Å². The number of sulfonamides is 1. The summed E-state index contributed by atoms with van der Waals surface area (Å²) in [6.45, 7) is 3.72.